The number of rotatable bonds is 4. The van der Waals surface area contributed by atoms with Crippen LogP contribution in [0.3, 0.4) is 0 Å². The molecule has 94 valence electrons. The monoisotopic (exact) mass is 239 g/mol. The first-order valence-corrected chi connectivity index (χ1v) is 6.33. The summed E-state index contributed by atoms with van der Waals surface area (Å²) in [5.74, 6) is -0.436. The highest BCUT2D eigenvalue weighted by atomic mass is 19.1. The Kier molecular flexibility index (Phi) is 3.77. The standard InChI is InChI=1S/C14H19F2N/c1-3-17-14(10-5-4-6-10)12-11(15)8-7-9(2)13(12)16/h7-8,10,14,17H,3-6H2,1-2H3. The molecule has 1 unspecified atom stereocenters. The van der Waals surface area contributed by atoms with Gasteiger partial charge < -0.3 is 5.32 Å². The van der Waals surface area contributed by atoms with Crippen LogP contribution in [0.15, 0.2) is 12.1 Å². The minimum absolute atomic E-state index is 0.173. The van der Waals surface area contributed by atoms with E-state index in [0.717, 1.165) is 19.4 Å². The van der Waals surface area contributed by atoms with Crippen LogP contribution in [0.25, 0.3) is 0 Å². The Morgan fingerprint density at radius 2 is 2.06 bits per heavy atom. The van der Waals surface area contributed by atoms with Crippen LogP contribution in [-0.4, -0.2) is 6.54 Å². The predicted molar refractivity (Wildman–Crippen MR) is 64.9 cm³/mol. The molecule has 1 aromatic rings. The zero-order valence-electron chi connectivity index (χ0n) is 10.4. The minimum Gasteiger partial charge on any atom is -0.310 e. The van der Waals surface area contributed by atoms with Crippen molar-refractivity contribution in [3.63, 3.8) is 0 Å². The molecular weight excluding hydrogens is 220 g/mol. The number of hydrogen-bond acceptors (Lipinski definition) is 1. The minimum atomic E-state index is -0.425. The van der Waals surface area contributed by atoms with Crippen LogP contribution in [0.2, 0.25) is 0 Å². The summed E-state index contributed by atoms with van der Waals surface area (Å²) in [6.07, 6.45) is 3.29. The molecule has 0 amide bonds. The Labute approximate surface area is 101 Å². The van der Waals surface area contributed by atoms with Crippen LogP contribution in [0.4, 0.5) is 8.78 Å². The van der Waals surface area contributed by atoms with Gasteiger partial charge in [-0.3, -0.25) is 0 Å². The summed E-state index contributed by atoms with van der Waals surface area (Å²) >= 11 is 0. The SMILES string of the molecule is CCNC(c1c(F)ccc(C)c1F)C1CCC1. The van der Waals surface area contributed by atoms with Gasteiger partial charge in [-0.25, -0.2) is 8.78 Å². The van der Waals surface area contributed by atoms with Gasteiger partial charge in [0.2, 0.25) is 0 Å². The van der Waals surface area contributed by atoms with Gasteiger partial charge in [-0.15, -0.1) is 0 Å². The Balaban J connectivity index is 2.37. The molecule has 0 spiro atoms. The maximum absolute atomic E-state index is 14.1. The first-order valence-electron chi connectivity index (χ1n) is 6.33. The van der Waals surface area contributed by atoms with E-state index in [4.69, 9.17) is 0 Å². The lowest BCUT2D eigenvalue weighted by molar-refractivity contribution is 0.224. The van der Waals surface area contributed by atoms with Crippen LogP contribution in [-0.2, 0) is 0 Å². The van der Waals surface area contributed by atoms with Crippen molar-refractivity contribution in [1.29, 1.82) is 0 Å². The molecule has 0 aliphatic heterocycles. The van der Waals surface area contributed by atoms with Crippen LogP contribution >= 0.6 is 0 Å². The van der Waals surface area contributed by atoms with Crippen molar-refractivity contribution in [3.8, 4) is 0 Å². The van der Waals surface area contributed by atoms with Gasteiger partial charge in [0, 0.05) is 11.6 Å². The number of aryl methyl sites for hydroxylation is 1. The van der Waals surface area contributed by atoms with Gasteiger partial charge in [0.1, 0.15) is 11.6 Å². The molecule has 3 heteroatoms. The largest absolute Gasteiger partial charge is 0.310 e. The van der Waals surface area contributed by atoms with E-state index in [9.17, 15) is 8.78 Å². The van der Waals surface area contributed by atoms with Gasteiger partial charge in [0.15, 0.2) is 0 Å². The molecule has 0 saturated heterocycles. The van der Waals surface area contributed by atoms with Gasteiger partial charge in [-0.05, 0) is 43.9 Å². The lowest BCUT2D eigenvalue weighted by Gasteiger charge is -2.35. The number of halogens is 2. The van der Waals surface area contributed by atoms with Crippen molar-refractivity contribution in [1.82, 2.24) is 5.32 Å². The summed E-state index contributed by atoms with van der Waals surface area (Å²) in [7, 11) is 0. The lowest BCUT2D eigenvalue weighted by atomic mass is 9.76. The molecule has 17 heavy (non-hydrogen) atoms. The summed E-state index contributed by atoms with van der Waals surface area (Å²) in [6, 6.07) is 2.70. The van der Waals surface area contributed by atoms with E-state index in [2.05, 4.69) is 5.32 Å². The summed E-state index contributed by atoms with van der Waals surface area (Å²) in [4.78, 5) is 0. The van der Waals surface area contributed by atoms with E-state index in [0.29, 0.717) is 11.5 Å². The van der Waals surface area contributed by atoms with E-state index in [1.807, 2.05) is 6.92 Å². The van der Waals surface area contributed by atoms with Crippen molar-refractivity contribution < 1.29 is 8.78 Å². The molecule has 1 aliphatic rings. The second-order valence-electron chi connectivity index (χ2n) is 4.82. The molecule has 1 fully saturated rings. The van der Waals surface area contributed by atoms with Crippen molar-refractivity contribution in [3.05, 3.63) is 34.9 Å². The molecule has 1 nitrogen and oxygen atoms in total. The molecule has 0 heterocycles. The Morgan fingerprint density at radius 1 is 1.35 bits per heavy atom. The average Bonchev–Trinajstić information content (AvgIpc) is 2.22. The zero-order chi connectivity index (χ0) is 12.4. The normalized spacial score (nSPS) is 17.9. The topological polar surface area (TPSA) is 12.0 Å². The first kappa shape index (κ1) is 12.5. The third-order valence-corrected chi connectivity index (χ3v) is 3.68. The molecule has 1 aromatic carbocycles. The Hall–Kier alpha value is -0.960. The van der Waals surface area contributed by atoms with Gasteiger partial charge in [-0.2, -0.15) is 0 Å². The van der Waals surface area contributed by atoms with Crippen molar-refractivity contribution in [2.75, 3.05) is 6.54 Å². The molecule has 0 radical (unpaired) electrons. The number of benzene rings is 1. The van der Waals surface area contributed by atoms with Crippen LogP contribution in [0.1, 0.15) is 43.4 Å². The highest BCUT2D eigenvalue weighted by Crippen LogP contribution is 2.39. The zero-order valence-corrected chi connectivity index (χ0v) is 10.4. The van der Waals surface area contributed by atoms with Gasteiger partial charge in [0.05, 0.1) is 0 Å². The number of nitrogens with one attached hydrogen (secondary N) is 1. The Morgan fingerprint density at radius 3 is 2.59 bits per heavy atom. The van der Waals surface area contributed by atoms with Gasteiger partial charge in [0.25, 0.3) is 0 Å². The fourth-order valence-electron chi connectivity index (χ4n) is 2.46. The molecular formula is C14H19F2N. The average molecular weight is 239 g/mol. The smallest absolute Gasteiger partial charge is 0.133 e. The van der Waals surface area contributed by atoms with Crippen LogP contribution < -0.4 is 5.32 Å². The molecule has 0 aromatic heterocycles. The second kappa shape index (κ2) is 5.13. The second-order valence-corrected chi connectivity index (χ2v) is 4.82. The third-order valence-electron chi connectivity index (χ3n) is 3.68. The third kappa shape index (κ3) is 2.34. The van der Waals surface area contributed by atoms with Gasteiger partial charge in [-0.1, -0.05) is 19.4 Å². The molecule has 1 N–H and O–H groups in total. The van der Waals surface area contributed by atoms with E-state index in [1.165, 1.54) is 18.6 Å². The maximum atomic E-state index is 14.1. The van der Waals surface area contributed by atoms with Crippen molar-refractivity contribution >= 4 is 0 Å². The van der Waals surface area contributed by atoms with E-state index in [-0.39, 0.29) is 17.4 Å². The van der Waals surface area contributed by atoms with E-state index in [1.54, 1.807) is 6.92 Å². The van der Waals surface area contributed by atoms with Crippen molar-refractivity contribution in [2.24, 2.45) is 5.92 Å². The summed E-state index contributed by atoms with van der Waals surface area (Å²) < 4.78 is 27.9. The first-order chi connectivity index (χ1) is 8.15. The van der Waals surface area contributed by atoms with Crippen molar-refractivity contribution in [2.45, 2.75) is 39.2 Å². The molecule has 1 saturated carbocycles. The summed E-state index contributed by atoms with van der Waals surface area (Å²) in [5, 5.41) is 3.23. The summed E-state index contributed by atoms with van der Waals surface area (Å²) in [5.41, 5.74) is 0.750. The molecule has 1 aliphatic carbocycles. The highest BCUT2D eigenvalue weighted by Gasteiger charge is 2.32. The lowest BCUT2D eigenvalue weighted by Crippen LogP contribution is -2.33. The fourth-order valence-corrected chi connectivity index (χ4v) is 2.46. The predicted octanol–water partition coefficient (Wildman–Crippen LogP) is 3.72. The van der Waals surface area contributed by atoms with Gasteiger partial charge >= 0.3 is 0 Å². The molecule has 2 rings (SSSR count). The van der Waals surface area contributed by atoms with E-state index < -0.39 is 5.82 Å². The molecule has 0 bridgehead atoms. The summed E-state index contributed by atoms with van der Waals surface area (Å²) in [6.45, 7) is 4.38. The van der Waals surface area contributed by atoms with Crippen LogP contribution in [0.5, 0.6) is 0 Å². The number of hydrogen-bond donors (Lipinski definition) is 1. The highest BCUT2D eigenvalue weighted by molar-refractivity contribution is 5.30. The fraction of sp³-hybridized carbons (Fsp3) is 0.571. The Bertz CT molecular complexity index is 399. The maximum Gasteiger partial charge on any atom is 0.133 e. The quantitative estimate of drug-likeness (QED) is 0.844. The molecule has 1 atom stereocenters. The van der Waals surface area contributed by atoms with E-state index >= 15 is 0 Å². The van der Waals surface area contributed by atoms with Crippen LogP contribution in [0, 0.1) is 24.5 Å².